The molecule has 5 rings (SSSR count). The molecule has 1 saturated carbocycles. The van der Waals surface area contributed by atoms with Crippen molar-refractivity contribution in [1.82, 2.24) is 10.0 Å². The molecule has 0 radical (unpaired) electrons. The molecule has 0 unspecified atom stereocenters. The van der Waals surface area contributed by atoms with E-state index in [0.717, 1.165) is 14.5 Å². The number of alkyl halides is 2. The quantitative estimate of drug-likeness (QED) is 0.0828. The van der Waals surface area contributed by atoms with Crippen molar-refractivity contribution in [2.45, 2.75) is 22.5 Å². The highest BCUT2D eigenvalue weighted by atomic mass is 79.9. The van der Waals surface area contributed by atoms with Gasteiger partial charge in [-0.25, -0.2) is 9.80 Å². The second kappa shape index (κ2) is 13.2. The molecule has 0 bridgehead atoms. The minimum Gasteiger partial charge on any atom is -0.423 e. The Morgan fingerprint density at radius 1 is 0.837 bits per heavy atom. The number of hydrogen-bond donors (Lipinski definition) is 0. The van der Waals surface area contributed by atoms with E-state index in [1.807, 2.05) is 0 Å². The Hall–Kier alpha value is -2.57. The van der Waals surface area contributed by atoms with Crippen molar-refractivity contribution in [3.8, 4) is 5.75 Å². The summed E-state index contributed by atoms with van der Waals surface area (Å²) in [6.45, 7) is -0.623. The first-order valence-electron chi connectivity index (χ1n) is 13.0. The number of ether oxygens (including phenoxy) is 1. The van der Waals surface area contributed by atoms with Crippen LogP contribution in [-0.4, -0.2) is 55.7 Å². The lowest BCUT2D eigenvalue weighted by atomic mass is 9.81. The lowest BCUT2D eigenvalue weighted by molar-refractivity contribution is -0.154. The zero-order valence-corrected chi connectivity index (χ0v) is 28.3. The van der Waals surface area contributed by atoms with E-state index in [4.69, 9.17) is 27.9 Å². The van der Waals surface area contributed by atoms with Crippen molar-refractivity contribution < 1.29 is 28.7 Å². The standard InChI is InChI=1S/C30H21Br3Cl2N2O6/c31-17-5-1-16(2-6-17)30(42)43-19-8-3-15(4-9-19)26(38)14-36(27(39)20-10-7-18(34)11-25(20)35)37-28(40)21-12-23(32)24(33)13-22(21)29(37)41/h1-11,21-24H,12-14H2/t21-,22-,23-,24+/m1/s1. The summed E-state index contributed by atoms with van der Waals surface area (Å²) >= 11 is 22.7. The molecule has 1 heterocycles. The number of hydrogen-bond acceptors (Lipinski definition) is 6. The zero-order valence-electron chi connectivity index (χ0n) is 22.0. The third-order valence-corrected chi connectivity index (χ3v) is 11.1. The third-order valence-electron chi connectivity index (χ3n) is 7.29. The van der Waals surface area contributed by atoms with Crippen LogP contribution in [0.25, 0.3) is 0 Å². The number of amides is 3. The molecule has 0 spiro atoms. The minimum absolute atomic E-state index is 0.00412. The van der Waals surface area contributed by atoms with E-state index in [1.54, 1.807) is 24.3 Å². The van der Waals surface area contributed by atoms with Gasteiger partial charge in [0, 0.05) is 24.7 Å². The summed E-state index contributed by atoms with van der Waals surface area (Å²) in [5, 5.41) is 1.94. The number of nitrogens with zero attached hydrogens (tertiary/aromatic N) is 2. The SMILES string of the molecule is O=C(CN(C(=O)c1ccc(Cl)cc1Cl)N1C(=O)[C@@H]2C[C@@H](Br)[C@@H](Br)C[C@H]2C1=O)c1ccc(OC(=O)c2ccc(Br)cc2)cc1. The maximum atomic E-state index is 13.8. The van der Waals surface area contributed by atoms with Gasteiger partial charge in [0.05, 0.1) is 28.0 Å². The number of halogens is 5. The van der Waals surface area contributed by atoms with Crippen molar-refractivity contribution in [3.05, 3.63) is 97.9 Å². The highest BCUT2D eigenvalue weighted by molar-refractivity contribution is 9.12. The molecule has 222 valence electrons. The van der Waals surface area contributed by atoms with Gasteiger partial charge in [-0.1, -0.05) is 71.0 Å². The number of carbonyl (C=O) groups is 5. The topological polar surface area (TPSA) is 101 Å². The number of fused-ring (bicyclic) bond motifs is 1. The minimum atomic E-state index is -0.804. The van der Waals surface area contributed by atoms with Gasteiger partial charge in [-0.2, -0.15) is 5.01 Å². The maximum Gasteiger partial charge on any atom is 0.343 e. The first-order valence-corrected chi connectivity index (χ1v) is 16.4. The lowest BCUT2D eigenvalue weighted by Gasteiger charge is -2.30. The van der Waals surface area contributed by atoms with E-state index in [9.17, 15) is 24.0 Å². The summed E-state index contributed by atoms with van der Waals surface area (Å²) in [7, 11) is 0. The average Bonchev–Trinajstić information content (AvgIpc) is 3.20. The van der Waals surface area contributed by atoms with Crippen LogP contribution < -0.4 is 4.74 Å². The van der Waals surface area contributed by atoms with Gasteiger partial charge in [0.25, 0.3) is 17.7 Å². The number of esters is 1. The molecule has 3 aromatic carbocycles. The summed E-state index contributed by atoms with van der Waals surface area (Å²) in [6.07, 6.45) is 0.777. The summed E-state index contributed by atoms with van der Waals surface area (Å²) in [4.78, 5) is 66.8. The van der Waals surface area contributed by atoms with Gasteiger partial charge in [0.15, 0.2) is 5.78 Å². The van der Waals surface area contributed by atoms with Crippen molar-refractivity contribution in [1.29, 1.82) is 0 Å². The lowest BCUT2D eigenvalue weighted by Crippen LogP contribution is -2.52. The molecular weight excluding hydrogens is 795 g/mol. The first-order chi connectivity index (χ1) is 20.4. The molecule has 13 heteroatoms. The zero-order chi connectivity index (χ0) is 31.0. The van der Waals surface area contributed by atoms with Crippen LogP contribution >= 0.6 is 71.0 Å². The number of rotatable bonds is 7. The second-order valence-electron chi connectivity index (χ2n) is 10.0. The normalized spacial score (nSPS) is 21.4. The van der Waals surface area contributed by atoms with Crippen LogP contribution in [0.2, 0.25) is 10.0 Å². The van der Waals surface area contributed by atoms with Crippen LogP contribution in [0, 0.1) is 11.8 Å². The molecule has 43 heavy (non-hydrogen) atoms. The van der Waals surface area contributed by atoms with Crippen molar-refractivity contribution >= 4 is 100 Å². The molecule has 3 aromatic rings. The van der Waals surface area contributed by atoms with Crippen molar-refractivity contribution in [3.63, 3.8) is 0 Å². The molecule has 2 fully saturated rings. The predicted octanol–water partition coefficient (Wildman–Crippen LogP) is 7.14. The Morgan fingerprint density at radius 3 is 1.95 bits per heavy atom. The van der Waals surface area contributed by atoms with Crippen LogP contribution in [-0.2, 0) is 9.59 Å². The van der Waals surface area contributed by atoms with Crippen LogP contribution in [0.4, 0.5) is 0 Å². The van der Waals surface area contributed by atoms with E-state index in [1.165, 1.54) is 42.5 Å². The van der Waals surface area contributed by atoms with E-state index < -0.39 is 47.9 Å². The smallest absolute Gasteiger partial charge is 0.343 e. The molecule has 0 N–H and O–H groups in total. The molecule has 0 aromatic heterocycles. The fraction of sp³-hybridized carbons (Fsp3) is 0.233. The van der Waals surface area contributed by atoms with E-state index >= 15 is 0 Å². The van der Waals surface area contributed by atoms with Gasteiger partial charge >= 0.3 is 5.97 Å². The van der Waals surface area contributed by atoms with Gasteiger partial charge < -0.3 is 4.74 Å². The van der Waals surface area contributed by atoms with Gasteiger partial charge in [-0.05, 0) is 79.6 Å². The number of imide groups is 1. The fourth-order valence-corrected chi connectivity index (χ4v) is 7.03. The molecule has 1 aliphatic carbocycles. The Bertz CT molecular complexity index is 1590. The number of benzene rings is 3. The summed E-state index contributed by atoms with van der Waals surface area (Å²) in [5.41, 5.74) is 0.485. The Morgan fingerprint density at radius 2 is 1.40 bits per heavy atom. The van der Waals surface area contributed by atoms with Crippen molar-refractivity contribution in [2.24, 2.45) is 11.8 Å². The Labute approximate surface area is 282 Å². The van der Waals surface area contributed by atoms with Gasteiger partial charge in [0.1, 0.15) is 12.3 Å². The van der Waals surface area contributed by atoms with Gasteiger partial charge in [-0.3, -0.25) is 19.2 Å². The summed E-state index contributed by atoms with van der Waals surface area (Å²) in [5.74, 6) is -4.13. The Kier molecular flexibility index (Phi) is 9.77. The molecule has 3 amide bonds. The molecule has 2 aliphatic rings. The molecule has 4 atom stereocenters. The molecule has 8 nitrogen and oxygen atoms in total. The average molecular weight is 816 g/mol. The van der Waals surface area contributed by atoms with E-state index in [0.29, 0.717) is 18.4 Å². The molecule has 1 aliphatic heterocycles. The monoisotopic (exact) mass is 812 g/mol. The number of carbonyl (C=O) groups excluding carboxylic acids is 5. The van der Waals surface area contributed by atoms with Crippen LogP contribution in [0.5, 0.6) is 5.75 Å². The second-order valence-corrected chi connectivity index (χ2v) is 14.1. The van der Waals surface area contributed by atoms with Crippen LogP contribution in [0.15, 0.2) is 71.2 Å². The van der Waals surface area contributed by atoms with Gasteiger partial charge in [0.2, 0.25) is 0 Å². The summed E-state index contributed by atoms with van der Waals surface area (Å²) < 4.78 is 6.21. The van der Waals surface area contributed by atoms with E-state index in [-0.39, 0.29) is 36.6 Å². The molecule has 1 saturated heterocycles. The van der Waals surface area contributed by atoms with Crippen LogP contribution in [0.1, 0.15) is 43.9 Å². The largest absolute Gasteiger partial charge is 0.423 e. The molecular formula is C30H21Br3Cl2N2O6. The Balaban J connectivity index is 1.40. The number of hydrazine groups is 1. The summed E-state index contributed by atoms with van der Waals surface area (Å²) in [6, 6.07) is 16.6. The first kappa shape index (κ1) is 31.8. The highest BCUT2D eigenvalue weighted by Crippen LogP contribution is 2.44. The van der Waals surface area contributed by atoms with Gasteiger partial charge in [-0.15, -0.1) is 0 Å². The van der Waals surface area contributed by atoms with E-state index in [2.05, 4.69) is 47.8 Å². The third kappa shape index (κ3) is 6.76. The highest BCUT2D eigenvalue weighted by Gasteiger charge is 2.54. The van der Waals surface area contributed by atoms with Crippen molar-refractivity contribution in [2.75, 3.05) is 6.54 Å². The maximum absolute atomic E-state index is 13.8. The van der Waals surface area contributed by atoms with Crippen LogP contribution in [0.3, 0.4) is 0 Å². The predicted molar refractivity (Wildman–Crippen MR) is 171 cm³/mol. The number of ketones is 1. The fourth-order valence-electron chi connectivity index (χ4n) is 5.04. The number of Topliss-reactive ketones (excluding diaryl/α,β-unsaturated/α-hetero) is 1.